The summed E-state index contributed by atoms with van der Waals surface area (Å²) >= 11 is 11.9. The number of benzene rings is 2. The van der Waals surface area contributed by atoms with Crippen LogP contribution in [0.3, 0.4) is 0 Å². The smallest absolute Gasteiger partial charge is 0.248 e. The molecule has 2 amide bonds. The van der Waals surface area contributed by atoms with Gasteiger partial charge in [-0.3, -0.25) is 9.59 Å². The third-order valence-corrected chi connectivity index (χ3v) is 3.69. The molecule has 2 N–H and O–H groups in total. The second-order valence-electron chi connectivity index (χ2n) is 4.73. The zero-order valence-electron chi connectivity index (χ0n) is 12.3. The highest BCUT2D eigenvalue weighted by atomic mass is 35.5. The summed E-state index contributed by atoms with van der Waals surface area (Å²) < 4.78 is 0. The summed E-state index contributed by atoms with van der Waals surface area (Å²) in [5.41, 5.74) is 1.98. The van der Waals surface area contributed by atoms with Gasteiger partial charge in [-0.15, -0.1) is 0 Å². The average molecular weight is 349 g/mol. The van der Waals surface area contributed by atoms with Crippen LogP contribution >= 0.6 is 23.2 Å². The van der Waals surface area contributed by atoms with E-state index in [1.165, 1.54) is 13.0 Å². The van der Waals surface area contributed by atoms with E-state index < -0.39 is 0 Å². The van der Waals surface area contributed by atoms with Gasteiger partial charge in [0.15, 0.2) is 0 Å². The van der Waals surface area contributed by atoms with Crippen LogP contribution in [-0.4, -0.2) is 11.8 Å². The highest BCUT2D eigenvalue weighted by Gasteiger charge is 2.06. The zero-order chi connectivity index (χ0) is 16.8. The van der Waals surface area contributed by atoms with Gasteiger partial charge in [0.2, 0.25) is 11.8 Å². The van der Waals surface area contributed by atoms with E-state index >= 15 is 0 Å². The number of anilines is 2. The van der Waals surface area contributed by atoms with Crippen molar-refractivity contribution in [3.63, 3.8) is 0 Å². The Morgan fingerprint density at radius 2 is 1.70 bits per heavy atom. The second kappa shape index (κ2) is 7.81. The highest BCUT2D eigenvalue weighted by Crippen LogP contribution is 2.29. The molecule has 2 rings (SSSR count). The van der Waals surface area contributed by atoms with Crippen molar-refractivity contribution in [3.05, 3.63) is 64.1 Å². The lowest BCUT2D eigenvalue weighted by Crippen LogP contribution is -2.08. The van der Waals surface area contributed by atoms with E-state index in [2.05, 4.69) is 10.6 Å². The first-order chi connectivity index (χ1) is 11.0. The van der Waals surface area contributed by atoms with E-state index in [9.17, 15) is 9.59 Å². The second-order valence-corrected chi connectivity index (χ2v) is 5.51. The molecule has 0 spiro atoms. The maximum Gasteiger partial charge on any atom is 0.248 e. The van der Waals surface area contributed by atoms with Gasteiger partial charge in [0.05, 0.1) is 15.7 Å². The van der Waals surface area contributed by atoms with Gasteiger partial charge in [0.1, 0.15) is 0 Å². The van der Waals surface area contributed by atoms with E-state index in [-0.39, 0.29) is 11.8 Å². The number of nitrogens with one attached hydrogen (secondary N) is 2. The van der Waals surface area contributed by atoms with Crippen LogP contribution in [0.15, 0.2) is 48.5 Å². The molecule has 0 heterocycles. The Bertz CT molecular complexity index is 756. The molecule has 0 bridgehead atoms. The standard InChI is InChI=1S/C17H14Cl2N2O2/c1-11(22)20-13-8-5-12(6-9-13)7-10-16(23)21-15-4-2-3-14(18)17(15)19/h2-10H,1H3,(H,20,22)(H,21,23)/b10-7+. The predicted octanol–water partition coefficient (Wildman–Crippen LogP) is 4.60. The molecular formula is C17H14Cl2N2O2. The van der Waals surface area contributed by atoms with Gasteiger partial charge in [-0.2, -0.15) is 0 Å². The summed E-state index contributed by atoms with van der Waals surface area (Å²) in [6.45, 7) is 1.44. The summed E-state index contributed by atoms with van der Waals surface area (Å²) in [7, 11) is 0. The van der Waals surface area contributed by atoms with Crippen molar-refractivity contribution in [3.8, 4) is 0 Å². The predicted molar refractivity (Wildman–Crippen MR) is 94.9 cm³/mol. The fraction of sp³-hybridized carbons (Fsp3) is 0.0588. The number of rotatable bonds is 4. The third kappa shape index (κ3) is 5.13. The molecule has 0 radical (unpaired) electrons. The minimum atomic E-state index is -0.319. The molecule has 0 aliphatic heterocycles. The molecule has 6 heteroatoms. The first kappa shape index (κ1) is 17.1. The summed E-state index contributed by atoms with van der Waals surface area (Å²) in [5.74, 6) is -0.453. The van der Waals surface area contributed by atoms with Gasteiger partial charge < -0.3 is 10.6 Å². The van der Waals surface area contributed by atoms with Gasteiger partial charge in [-0.05, 0) is 35.9 Å². The monoisotopic (exact) mass is 348 g/mol. The van der Waals surface area contributed by atoms with E-state index in [1.807, 2.05) is 0 Å². The van der Waals surface area contributed by atoms with Crippen molar-refractivity contribution >= 4 is 52.5 Å². The number of hydrogen-bond acceptors (Lipinski definition) is 2. The van der Waals surface area contributed by atoms with Gasteiger partial charge in [0, 0.05) is 18.7 Å². The van der Waals surface area contributed by atoms with Crippen LogP contribution in [0.4, 0.5) is 11.4 Å². The number of carbonyl (C=O) groups excluding carboxylic acids is 2. The maximum atomic E-state index is 11.9. The molecule has 0 atom stereocenters. The van der Waals surface area contributed by atoms with Crippen molar-refractivity contribution in [2.75, 3.05) is 10.6 Å². The highest BCUT2D eigenvalue weighted by molar-refractivity contribution is 6.44. The maximum absolute atomic E-state index is 11.9. The molecule has 2 aromatic carbocycles. The van der Waals surface area contributed by atoms with Crippen LogP contribution in [0.25, 0.3) is 6.08 Å². The molecule has 2 aromatic rings. The molecule has 0 fully saturated rings. The quantitative estimate of drug-likeness (QED) is 0.793. The Hall–Kier alpha value is -2.30. The molecule has 0 aliphatic rings. The molecule has 0 aromatic heterocycles. The molecule has 118 valence electrons. The molecule has 0 saturated heterocycles. The fourth-order valence-corrected chi connectivity index (χ4v) is 2.18. The van der Waals surface area contributed by atoms with Crippen LogP contribution in [-0.2, 0) is 9.59 Å². The number of carbonyl (C=O) groups is 2. The molecular weight excluding hydrogens is 335 g/mol. The van der Waals surface area contributed by atoms with Gasteiger partial charge in [-0.1, -0.05) is 41.4 Å². The van der Waals surface area contributed by atoms with Crippen molar-refractivity contribution in [1.29, 1.82) is 0 Å². The van der Waals surface area contributed by atoms with Crippen molar-refractivity contribution in [1.82, 2.24) is 0 Å². The molecule has 0 aliphatic carbocycles. The zero-order valence-corrected chi connectivity index (χ0v) is 13.8. The van der Waals surface area contributed by atoms with Crippen LogP contribution in [0.2, 0.25) is 10.0 Å². The van der Waals surface area contributed by atoms with Crippen LogP contribution in [0.1, 0.15) is 12.5 Å². The first-order valence-corrected chi connectivity index (χ1v) is 7.52. The minimum absolute atomic E-state index is 0.133. The number of hydrogen-bond donors (Lipinski definition) is 2. The minimum Gasteiger partial charge on any atom is -0.326 e. The summed E-state index contributed by atoms with van der Waals surface area (Å²) in [6.07, 6.45) is 3.05. The molecule has 4 nitrogen and oxygen atoms in total. The molecule has 0 unspecified atom stereocenters. The van der Waals surface area contributed by atoms with Crippen LogP contribution in [0.5, 0.6) is 0 Å². The lowest BCUT2D eigenvalue weighted by molar-refractivity contribution is -0.114. The van der Waals surface area contributed by atoms with Crippen molar-refractivity contribution in [2.24, 2.45) is 0 Å². The van der Waals surface area contributed by atoms with Crippen molar-refractivity contribution < 1.29 is 9.59 Å². The first-order valence-electron chi connectivity index (χ1n) is 6.76. The molecule has 23 heavy (non-hydrogen) atoms. The lowest BCUT2D eigenvalue weighted by atomic mass is 10.2. The van der Waals surface area contributed by atoms with E-state index in [4.69, 9.17) is 23.2 Å². The van der Waals surface area contributed by atoms with E-state index in [0.29, 0.717) is 21.4 Å². The Balaban J connectivity index is 2.00. The Morgan fingerprint density at radius 3 is 2.35 bits per heavy atom. The number of halogens is 2. The number of amides is 2. The topological polar surface area (TPSA) is 58.2 Å². The van der Waals surface area contributed by atoms with Gasteiger partial charge in [-0.25, -0.2) is 0 Å². The molecule has 0 saturated carbocycles. The van der Waals surface area contributed by atoms with E-state index in [1.54, 1.807) is 48.5 Å². The summed E-state index contributed by atoms with van der Waals surface area (Å²) in [6, 6.07) is 12.1. The van der Waals surface area contributed by atoms with Crippen molar-refractivity contribution in [2.45, 2.75) is 6.92 Å². The van der Waals surface area contributed by atoms with Gasteiger partial charge >= 0.3 is 0 Å². The summed E-state index contributed by atoms with van der Waals surface area (Å²) in [5, 5.41) is 6.01. The SMILES string of the molecule is CC(=O)Nc1ccc(/C=C/C(=O)Nc2cccc(Cl)c2Cl)cc1. The Kier molecular flexibility index (Phi) is 5.79. The van der Waals surface area contributed by atoms with Gasteiger partial charge in [0.25, 0.3) is 0 Å². The fourth-order valence-electron chi connectivity index (χ4n) is 1.83. The largest absolute Gasteiger partial charge is 0.326 e. The summed E-state index contributed by atoms with van der Waals surface area (Å²) in [4.78, 5) is 22.8. The Labute approximate surface area is 144 Å². The lowest BCUT2D eigenvalue weighted by Gasteiger charge is -2.05. The Morgan fingerprint density at radius 1 is 1.00 bits per heavy atom. The average Bonchev–Trinajstić information content (AvgIpc) is 2.51. The van der Waals surface area contributed by atoms with Crippen LogP contribution in [0, 0.1) is 0 Å². The normalized spacial score (nSPS) is 10.6. The van der Waals surface area contributed by atoms with E-state index in [0.717, 1.165) is 5.56 Å². The van der Waals surface area contributed by atoms with Crippen LogP contribution < -0.4 is 10.6 Å². The third-order valence-electron chi connectivity index (χ3n) is 2.87.